The van der Waals surface area contributed by atoms with E-state index in [1.807, 2.05) is 0 Å². The molecule has 2 atom stereocenters. The maximum atomic E-state index is 13.0. The molecule has 2 aliphatic rings. The summed E-state index contributed by atoms with van der Waals surface area (Å²) < 4.78 is 5.07. The van der Waals surface area contributed by atoms with E-state index in [-0.39, 0.29) is 21.8 Å². The van der Waals surface area contributed by atoms with Crippen LogP contribution >= 0.6 is 11.8 Å². The SMILES string of the molecule is COc1ccc(NC(=O)c2ccnc3c2C(=O)C2SC([N+](=O)[O-])=CC2C3=O)cc1. The Balaban J connectivity index is 1.68. The first-order chi connectivity index (χ1) is 13.9. The Morgan fingerprint density at radius 1 is 1.21 bits per heavy atom. The van der Waals surface area contributed by atoms with Crippen molar-refractivity contribution in [3.63, 3.8) is 0 Å². The third-order valence-corrected chi connectivity index (χ3v) is 5.95. The van der Waals surface area contributed by atoms with Crippen LogP contribution in [0.2, 0.25) is 0 Å². The number of carbonyl (C=O) groups excluding carboxylic acids is 3. The van der Waals surface area contributed by atoms with Crippen LogP contribution in [0.5, 0.6) is 5.75 Å². The number of anilines is 1. The Morgan fingerprint density at radius 2 is 1.93 bits per heavy atom. The highest BCUT2D eigenvalue weighted by Crippen LogP contribution is 2.43. The fourth-order valence-corrected chi connectivity index (χ4v) is 4.42. The number of thioether (sulfide) groups is 1. The Morgan fingerprint density at radius 3 is 2.59 bits per heavy atom. The minimum Gasteiger partial charge on any atom is -0.497 e. The van der Waals surface area contributed by atoms with Crippen molar-refractivity contribution >= 4 is 34.9 Å². The summed E-state index contributed by atoms with van der Waals surface area (Å²) in [5, 5.41) is 12.5. The number of nitrogens with zero attached hydrogens (tertiary/aromatic N) is 2. The van der Waals surface area contributed by atoms with Crippen LogP contribution in [0.1, 0.15) is 31.2 Å². The first kappa shape index (κ1) is 18.8. The molecule has 2 unspecified atom stereocenters. The van der Waals surface area contributed by atoms with Gasteiger partial charge in [-0.3, -0.25) is 29.5 Å². The summed E-state index contributed by atoms with van der Waals surface area (Å²) in [6, 6.07) is 7.94. The summed E-state index contributed by atoms with van der Waals surface area (Å²) in [5.41, 5.74) is 0.231. The maximum Gasteiger partial charge on any atom is 0.300 e. The van der Waals surface area contributed by atoms with Gasteiger partial charge in [-0.05, 0) is 42.1 Å². The van der Waals surface area contributed by atoms with E-state index in [1.54, 1.807) is 24.3 Å². The lowest BCUT2D eigenvalue weighted by Crippen LogP contribution is -2.38. The predicted octanol–water partition coefficient (Wildman–Crippen LogP) is 2.57. The normalized spacial score (nSPS) is 19.8. The van der Waals surface area contributed by atoms with E-state index in [1.165, 1.54) is 25.4 Å². The summed E-state index contributed by atoms with van der Waals surface area (Å²) in [6.07, 6.45) is 2.46. The number of pyridine rings is 1. The fraction of sp³-hybridized carbons (Fsp3) is 0.158. The number of amides is 1. The Bertz CT molecular complexity index is 1100. The van der Waals surface area contributed by atoms with Gasteiger partial charge in [0.1, 0.15) is 11.4 Å². The van der Waals surface area contributed by atoms with Gasteiger partial charge in [0.15, 0.2) is 11.6 Å². The Labute approximate surface area is 168 Å². The fourth-order valence-electron chi connectivity index (χ4n) is 3.28. The van der Waals surface area contributed by atoms with Crippen molar-refractivity contribution in [1.29, 1.82) is 0 Å². The zero-order valence-electron chi connectivity index (χ0n) is 14.9. The number of aromatic nitrogens is 1. The predicted molar refractivity (Wildman–Crippen MR) is 104 cm³/mol. The van der Waals surface area contributed by atoms with E-state index in [4.69, 9.17) is 4.74 Å². The molecule has 4 rings (SSSR count). The van der Waals surface area contributed by atoms with E-state index in [9.17, 15) is 24.5 Å². The molecule has 0 fully saturated rings. The lowest BCUT2D eigenvalue weighted by Gasteiger charge is -2.24. The molecule has 0 bridgehead atoms. The number of ether oxygens (including phenoxy) is 1. The van der Waals surface area contributed by atoms with Crippen LogP contribution in [0, 0.1) is 16.0 Å². The summed E-state index contributed by atoms with van der Waals surface area (Å²) >= 11 is 0.725. The van der Waals surface area contributed by atoms with Gasteiger partial charge in [0, 0.05) is 18.0 Å². The molecule has 29 heavy (non-hydrogen) atoms. The molecule has 9 nitrogen and oxygen atoms in total. The number of fused-ring (bicyclic) bond motifs is 2. The second-order valence-electron chi connectivity index (χ2n) is 6.32. The zero-order chi connectivity index (χ0) is 20.7. The van der Waals surface area contributed by atoms with E-state index in [0.717, 1.165) is 11.8 Å². The van der Waals surface area contributed by atoms with Gasteiger partial charge in [-0.2, -0.15) is 0 Å². The van der Waals surface area contributed by atoms with Crippen LogP contribution in [-0.4, -0.2) is 39.7 Å². The van der Waals surface area contributed by atoms with E-state index >= 15 is 0 Å². The smallest absolute Gasteiger partial charge is 0.300 e. The van der Waals surface area contributed by atoms with Gasteiger partial charge in [-0.1, -0.05) is 0 Å². The molecule has 2 heterocycles. The van der Waals surface area contributed by atoms with Gasteiger partial charge in [-0.25, -0.2) is 0 Å². The van der Waals surface area contributed by atoms with Crippen LogP contribution in [-0.2, 0) is 0 Å². The highest BCUT2D eigenvalue weighted by molar-refractivity contribution is 8.04. The van der Waals surface area contributed by atoms with Crippen molar-refractivity contribution in [3.05, 3.63) is 74.6 Å². The first-order valence-corrected chi connectivity index (χ1v) is 9.34. The molecule has 1 aromatic carbocycles. The summed E-state index contributed by atoms with van der Waals surface area (Å²) in [4.78, 5) is 53.0. The van der Waals surface area contributed by atoms with Crippen LogP contribution in [0.3, 0.4) is 0 Å². The second-order valence-corrected chi connectivity index (χ2v) is 7.48. The topological polar surface area (TPSA) is 128 Å². The monoisotopic (exact) mass is 411 g/mol. The number of allylic oxidation sites excluding steroid dienone is 1. The summed E-state index contributed by atoms with van der Waals surface area (Å²) in [5.74, 6) is -1.95. The van der Waals surface area contributed by atoms with Crippen molar-refractivity contribution in [1.82, 2.24) is 4.98 Å². The van der Waals surface area contributed by atoms with Crippen LogP contribution in [0.25, 0.3) is 0 Å². The van der Waals surface area contributed by atoms with Crippen LogP contribution < -0.4 is 10.1 Å². The second kappa shape index (κ2) is 7.13. The number of rotatable bonds is 4. The molecule has 2 aromatic rings. The highest BCUT2D eigenvalue weighted by atomic mass is 32.2. The third-order valence-electron chi connectivity index (χ3n) is 4.66. The standard InChI is InChI=1S/C19H13N3O6S/c1-28-10-4-2-9(3-5-10)21-19(25)11-6-7-20-15-14(11)17(24)18-12(16(15)23)8-13(29-18)22(26)27/h2-8,12,18H,1H3,(H,21,25). The maximum absolute atomic E-state index is 13.0. The number of methoxy groups -OCH3 is 1. The molecular formula is C19H13N3O6S. The van der Waals surface area contributed by atoms with Gasteiger partial charge >= 0.3 is 5.03 Å². The van der Waals surface area contributed by atoms with Gasteiger partial charge < -0.3 is 10.1 Å². The molecule has 1 aliphatic heterocycles. The molecule has 146 valence electrons. The van der Waals surface area contributed by atoms with E-state index in [2.05, 4.69) is 10.3 Å². The molecule has 1 aliphatic carbocycles. The number of benzene rings is 1. The molecule has 0 saturated heterocycles. The van der Waals surface area contributed by atoms with Crippen molar-refractivity contribution in [3.8, 4) is 5.75 Å². The van der Waals surface area contributed by atoms with Gasteiger partial charge in [0.05, 0.1) is 34.3 Å². The minimum absolute atomic E-state index is 0.00206. The van der Waals surface area contributed by atoms with Crippen LogP contribution in [0.4, 0.5) is 5.69 Å². The number of ketones is 2. The number of nitro groups is 1. The lowest BCUT2D eigenvalue weighted by molar-refractivity contribution is -0.410. The zero-order valence-corrected chi connectivity index (χ0v) is 15.8. The minimum atomic E-state index is -0.966. The number of nitrogens with one attached hydrogen (secondary N) is 1. The number of hydrogen-bond donors (Lipinski definition) is 1. The largest absolute Gasteiger partial charge is 0.497 e. The third kappa shape index (κ3) is 3.17. The van der Waals surface area contributed by atoms with Crippen molar-refractivity contribution in [2.45, 2.75) is 5.25 Å². The lowest BCUT2D eigenvalue weighted by atomic mass is 9.82. The molecule has 0 spiro atoms. The average molecular weight is 411 g/mol. The molecule has 10 heteroatoms. The van der Waals surface area contributed by atoms with Crippen molar-refractivity contribution in [2.75, 3.05) is 12.4 Å². The number of carbonyl (C=O) groups is 3. The quantitative estimate of drug-likeness (QED) is 0.600. The number of hydrogen-bond acceptors (Lipinski definition) is 8. The Hall–Kier alpha value is -3.53. The molecule has 0 radical (unpaired) electrons. The van der Waals surface area contributed by atoms with Crippen LogP contribution in [0.15, 0.2) is 47.6 Å². The Kier molecular flexibility index (Phi) is 4.63. The summed E-state index contributed by atoms with van der Waals surface area (Å²) in [6.45, 7) is 0. The molecule has 1 amide bonds. The molecular weight excluding hydrogens is 398 g/mol. The van der Waals surface area contributed by atoms with E-state index in [0.29, 0.717) is 11.4 Å². The van der Waals surface area contributed by atoms with Gasteiger partial charge in [-0.15, -0.1) is 0 Å². The number of Topliss-reactive ketones (excluding diaryl/α,β-unsaturated/α-hetero) is 2. The molecule has 0 saturated carbocycles. The van der Waals surface area contributed by atoms with E-state index < -0.39 is 33.6 Å². The van der Waals surface area contributed by atoms with Gasteiger partial charge in [0.2, 0.25) is 0 Å². The average Bonchev–Trinajstić information content (AvgIpc) is 3.18. The highest BCUT2D eigenvalue weighted by Gasteiger charge is 2.49. The van der Waals surface area contributed by atoms with Crippen molar-refractivity contribution < 1.29 is 24.0 Å². The van der Waals surface area contributed by atoms with Gasteiger partial charge in [0.25, 0.3) is 5.91 Å². The molecule has 1 aromatic heterocycles. The van der Waals surface area contributed by atoms with Crippen molar-refractivity contribution in [2.24, 2.45) is 5.92 Å². The first-order valence-electron chi connectivity index (χ1n) is 8.46. The summed E-state index contributed by atoms with van der Waals surface area (Å²) in [7, 11) is 1.52. The molecule has 1 N–H and O–H groups in total.